The predicted molar refractivity (Wildman–Crippen MR) is 136 cm³/mol. The van der Waals surface area contributed by atoms with E-state index in [1.165, 1.54) is 39.4 Å². The first-order valence-corrected chi connectivity index (χ1v) is 13.6. The van der Waals surface area contributed by atoms with E-state index in [9.17, 15) is 17.6 Å². The fourth-order valence-electron chi connectivity index (χ4n) is 4.99. The number of hydrogen-bond acceptors (Lipinski definition) is 6. The molecule has 1 saturated heterocycles. The van der Waals surface area contributed by atoms with Crippen LogP contribution >= 0.6 is 11.6 Å². The number of aromatic nitrogens is 3. The Balaban J connectivity index is 1.42. The number of pyridine rings is 1. The standard InChI is InChI=1S/C25H21ClFN5O3S/c1-36(34,35)31-12-19-20(13-31)22(19)29-25-28-11-14-10-18(17-4-2-3-5-21(17)26)24(33)32(23(14)30-25)16-8-6-15(27)7-9-16/h2-11,19-20,22H,12-13H2,1H3,(H,28,29,30). The van der Waals surface area contributed by atoms with Crippen molar-refractivity contribution in [1.29, 1.82) is 0 Å². The molecule has 1 aliphatic heterocycles. The molecule has 0 bridgehead atoms. The molecule has 6 rings (SSSR count). The van der Waals surface area contributed by atoms with E-state index in [1.807, 2.05) is 0 Å². The normalized spacial score (nSPS) is 21.5. The van der Waals surface area contributed by atoms with Gasteiger partial charge >= 0.3 is 0 Å². The number of anilines is 1. The van der Waals surface area contributed by atoms with Crippen LogP contribution in [0.5, 0.6) is 0 Å². The molecule has 2 atom stereocenters. The summed E-state index contributed by atoms with van der Waals surface area (Å²) in [5.41, 5.74) is 1.42. The Morgan fingerprint density at radius 1 is 1.06 bits per heavy atom. The van der Waals surface area contributed by atoms with Crippen LogP contribution in [0.4, 0.5) is 10.3 Å². The van der Waals surface area contributed by atoms with Crippen LogP contribution in [-0.4, -0.2) is 52.6 Å². The zero-order valence-electron chi connectivity index (χ0n) is 19.1. The van der Waals surface area contributed by atoms with Gasteiger partial charge in [-0.25, -0.2) is 22.1 Å². The van der Waals surface area contributed by atoms with Gasteiger partial charge in [-0.05, 0) is 48.2 Å². The number of piperidine rings is 1. The monoisotopic (exact) mass is 525 g/mol. The molecule has 2 aliphatic rings. The van der Waals surface area contributed by atoms with Gasteiger partial charge < -0.3 is 5.32 Å². The lowest BCUT2D eigenvalue weighted by molar-refractivity contribution is 0.440. The maximum atomic E-state index is 13.7. The van der Waals surface area contributed by atoms with Gasteiger partial charge in [0.05, 0.1) is 11.9 Å². The Bertz CT molecular complexity index is 1660. The van der Waals surface area contributed by atoms with Crippen LogP contribution in [0.3, 0.4) is 0 Å². The van der Waals surface area contributed by atoms with Gasteiger partial charge in [0.1, 0.15) is 5.82 Å². The number of hydrogen-bond donors (Lipinski definition) is 1. The van der Waals surface area contributed by atoms with Crippen molar-refractivity contribution in [2.24, 2.45) is 11.8 Å². The summed E-state index contributed by atoms with van der Waals surface area (Å²) in [6.45, 7) is 0.937. The van der Waals surface area contributed by atoms with Crippen molar-refractivity contribution >= 4 is 38.6 Å². The highest BCUT2D eigenvalue weighted by molar-refractivity contribution is 7.88. The average Bonchev–Trinajstić information content (AvgIpc) is 3.26. The van der Waals surface area contributed by atoms with Crippen LogP contribution in [0.25, 0.3) is 27.8 Å². The summed E-state index contributed by atoms with van der Waals surface area (Å²) in [5, 5.41) is 4.35. The van der Waals surface area contributed by atoms with E-state index < -0.39 is 15.8 Å². The molecule has 1 saturated carbocycles. The molecule has 0 spiro atoms. The molecule has 2 aromatic heterocycles. The fourth-order valence-corrected chi connectivity index (χ4v) is 6.11. The number of fused-ring (bicyclic) bond motifs is 2. The van der Waals surface area contributed by atoms with Crippen molar-refractivity contribution in [2.75, 3.05) is 24.7 Å². The van der Waals surface area contributed by atoms with E-state index in [0.717, 1.165) is 0 Å². The molecule has 1 N–H and O–H groups in total. The maximum Gasteiger partial charge on any atom is 0.264 e. The summed E-state index contributed by atoms with van der Waals surface area (Å²) in [5.74, 6) is 0.314. The maximum absolute atomic E-state index is 13.7. The predicted octanol–water partition coefficient (Wildman–Crippen LogP) is 3.54. The van der Waals surface area contributed by atoms with Crippen LogP contribution in [0.2, 0.25) is 5.02 Å². The van der Waals surface area contributed by atoms with Crippen molar-refractivity contribution in [3.8, 4) is 16.8 Å². The number of nitrogens with zero attached hydrogens (tertiary/aromatic N) is 4. The molecule has 0 radical (unpaired) electrons. The summed E-state index contributed by atoms with van der Waals surface area (Å²) in [7, 11) is -3.20. The van der Waals surface area contributed by atoms with Crippen LogP contribution in [0.1, 0.15) is 0 Å². The van der Waals surface area contributed by atoms with Gasteiger partial charge in [-0.15, -0.1) is 0 Å². The Kier molecular flexibility index (Phi) is 5.36. The Morgan fingerprint density at radius 2 is 1.75 bits per heavy atom. The minimum Gasteiger partial charge on any atom is -0.351 e. The fraction of sp³-hybridized carbons (Fsp3) is 0.240. The van der Waals surface area contributed by atoms with E-state index >= 15 is 0 Å². The van der Waals surface area contributed by atoms with Crippen LogP contribution in [0.15, 0.2) is 65.6 Å². The quantitative estimate of drug-likeness (QED) is 0.428. The van der Waals surface area contributed by atoms with Gasteiger partial charge in [0.25, 0.3) is 5.56 Å². The molecule has 11 heteroatoms. The molecular formula is C25H21ClFN5O3S. The van der Waals surface area contributed by atoms with Crippen molar-refractivity contribution in [1.82, 2.24) is 18.8 Å². The van der Waals surface area contributed by atoms with Crippen LogP contribution in [-0.2, 0) is 10.0 Å². The molecule has 4 aromatic rings. The lowest BCUT2D eigenvalue weighted by atomic mass is 10.1. The minimum atomic E-state index is -3.20. The molecule has 184 valence electrons. The highest BCUT2D eigenvalue weighted by Gasteiger charge is 2.57. The van der Waals surface area contributed by atoms with E-state index in [1.54, 1.807) is 36.5 Å². The molecule has 0 amide bonds. The molecule has 2 aromatic carbocycles. The largest absolute Gasteiger partial charge is 0.351 e. The van der Waals surface area contributed by atoms with E-state index in [2.05, 4.69) is 15.3 Å². The highest BCUT2D eigenvalue weighted by Crippen LogP contribution is 2.47. The van der Waals surface area contributed by atoms with Crippen LogP contribution < -0.4 is 10.9 Å². The number of sulfonamides is 1. The summed E-state index contributed by atoms with van der Waals surface area (Å²) in [6.07, 6.45) is 2.85. The Morgan fingerprint density at radius 3 is 2.42 bits per heavy atom. The second kappa shape index (κ2) is 8.36. The Hall–Kier alpha value is -3.34. The van der Waals surface area contributed by atoms with Gasteiger partial charge in [-0.3, -0.25) is 9.36 Å². The first-order chi connectivity index (χ1) is 17.2. The lowest BCUT2D eigenvalue weighted by Crippen LogP contribution is -2.33. The Labute approximate surface area is 211 Å². The third-order valence-corrected chi connectivity index (χ3v) is 8.48. The van der Waals surface area contributed by atoms with Gasteiger partial charge in [-0.2, -0.15) is 4.98 Å². The molecule has 8 nitrogen and oxygen atoms in total. The molecule has 3 heterocycles. The highest BCUT2D eigenvalue weighted by atomic mass is 35.5. The van der Waals surface area contributed by atoms with Crippen molar-refractivity contribution in [3.63, 3.8) is 0 Å². The second-order valence-corrected chi connectivity index (χ2v) is 11.6. The average molecular weight is 526 g/mol. The van der Waals surface area contributed by atoms with Gasteiger partial charge in [0.15, 0.2) is 5.65 Å². The summed E-state index contributed by atoms with van der Waals surface area (Å²) in [4.78, 5) is 22.8. The number of benzene rings is 2. The zero-order valence-corrected chi connectivity index (χ0v) is 20.7. The molecule has 1 aliphatic carbocycles. The van der Waals surface area contributed by atoms with Gasteiger partial charge in [0, 0.05) is 46.9 Å². The smallest absolute Gasteiger partial charge is 0.264 e. The van der Waals surface area contributed by atoms with Crippen molar-refractivity contribution < 1.29 is 12.8 Å². The molecule has 2 unspecified atom stereocenters. The third-order valence-electron chi connectivity index (χ3n) is 6.92. The first kappa shape index (κ1) is 23.1. The van der Waals surface area contributed by atoms with Crippen molar-refractivity contribution in [3.05, 3.63) is 82.0 Å². The zero-order chi connectivity index (χ0) is 25.2. The van der Waals surface area contributed by atoms with Gasteiger partial charge in [-0.1, -0.05) is 29.8 Å². The summed E-state index contributed by atoms with van der Waals surface area (Å²) < 4.78 is 40.2. The number of rotatable bonds is 5. The van der Waals surface area contributed by atoms with E-state index in [0.29, 0.717) is 51.9 Å². The summed E-state index contributed by atoms with van der Waals surface area (Å²) >= 11 is 6.40. The molecule has 2 fully saturated rings. The minimum absolute atomic E-state index is 0.0637. The first-order valence-electron chi connectivity index (χ1n) is 11.4. The molecule has 36 heavy (non-hydrogen) atoms. The van der Waals surface area contributed by atoms with Crippen molar-refractivity contribution in [2.45, 2.75) is 6.04 Å². The van der Waals surface area contributed by atoms with E-state index in [-0.39, 0.29) is 23.4 Å². The second-order valence-electron chi connectivity index (χ2n) is 9.21. The number of nitrogens with one attached hydrogen (secondary N) is 1. The molecular weight excluding hydrogens is 505 g/mol. The SMILES string of the molecule is CS(=O)(=O)N1CC2C(C1)C2Nc1ncc2cc(-c3ccccc3Cl)c(=O)n(-c3ccc(F)cc3)c2n1. The lowest BCUT2D eigenvalue weighted by Gasteiger charge is -2.18. The van der Waals surface area contributed by atoms with Crippen LogP contribution in [0, 0.1) is 17.7 Å². The summed E-state index contributed by atoms with van der Waals surface area (Å²) in [6, 6.07) is 14.4. The third kappa shape index (κ3) is 3.95. The topological polar surface area (TPSA) is 97.2 Å². The van der Waals surface area contributed by atoms with E-state index in [4.69, 9.17) is 11.6 Å². The number of halogens is 2. The van der Waals surface area contributed by atoms with Gasteiger partial charge in [0.2, 0.25) is 16.0 Å².